The molecule has 34 heavy (non-hydrogen) atoms. The van der Waals surface area contributed by atoms with Crippen LogP contribution < -0.4 is 0 Å². The van der Waals surface area contributed by atoms with E-state index in [-0.39, 0.29) is 5.82 Å². The summed E-state index contributed by atoms with van der Waals surface area (Å²) in [7, 11) is -5.15. The number of rotatable bonds is 1. The van der Waals surface area contributed by atoms with Crippen LogP contribution >= 0.6 is 11.8 Å². The van der Waals surface area contributed by atoms with E-state index in [2.05, 4.69) is 47.2 Å². The van der Waals surface area contributed by atoms with E-state index in [0.717, 1.165) is 43.1 Å². The van der Waals surface area contributed by atoms with E-state index >= 15 is 0 Å². The Balaban J connectivity index is 0.000000347. The first-order valence-electron chi connectivity index (χ1n) is 10.4. The average Bonchev–Trinajstić information content (AvgIpc) is 2.83. The van der Waals surface area contributed by atoms with E-state index in [1.54, 1.807) is 17.8 Å². The molecule has 190 valence electrons. The van der Waals surface area contributed by atoms with E-state index in [9.17, 15) is 21.2 Å². The largest absolute Gasteiger partial charge is 0.304 e. The minimum absolute atomic E-state index is 0.0993. The zero-order chi connectivity index (χ0) is 25.7. The van der Waals surface area contributed by atoms with Crippen LogP contribution in [0.15, 0.2) is 46.2 Å². The molecular formula is C22H31FN2O6S3. The maximum atomic E-state index is 14.2. The van der Waals surface area contributed by atoms with Crippen LogP contribution in [0.2, 0.25) is 0 Å². The van der Waals surface area contributed by atoms with Gasteiger partial charge in [0.15, 0.2) is 0 Å². The van der Waals surface area contributed by atoms with Gasteiger partial charge in [-0.2, -0.15) is 16.8 Å². The van der Waals surface area contributed by atoms with Crippen molar-refractivity contribution in [3.8, 4) is 0 Å². The summed E-state index contributed by atoms with van der Waals surface area (Å²) in [6.45, 7) is 6.22. The van der Waals surface area contributed by atoms with E-state index in [4.69, 9.17) is 9.11 Å². The molecule has 0 spiro atoms. The zero-order valence-corrected chi connectivity index (χ0v) is 22.1. The number of aryl methyl sites for hydroxylation is 1. The molecule has 2 aliphatic heterocycles. The summed E-state index contributed by atoms with van der Waals surface area (Å²) in [5.74, 6) is -0.0993. The molecular weight excluding hydrogens is 503 g/mol. The smallest absolute Gasteiger partial charge is 0.261 e. The lowest BCUT2D eigenvalue weighted by molar-refractivity contribution is 0.110. The molecule has 1 saturated heterocycles. The normalized spacial score (nSPS) is 18.9. The molecule has 0 saturated carbocycles. The molecule has 8 nitrogen and oxygen atoms in total. The standard InChI is InChI=1S/C20H23FN2S.2CH4O3S/c1-14-11-16-18(23-9-7-22(2)8-10-23)12-15-5-3-4-6-19(15)24-20(16)13-17(14)21;2*1-5(2,3)4/h3-6,11,13,18H,7-10,12H2,1-2H3;2*1H3,(H,2,3,4). The molecule has 12 heteroatoms. The number of fused-ring (bicyclic) bond motifs is 2. The Hall–Kier alpha value is -1.54. The fourth-order valence-corrected chi connectivity index (χ4v) is 4.84. The number of benzene rings is 2. The maximum Gasteiger partial charge on any atom is 0.261 e. The van der Waals surface area contributed by atoms with Crippen LogP contribution in [0.1, 0.15) is 22.7 Å². The second-order valence-electron chi connectivity index (χ2n) is 8.37. The van der Waals surface area contributed by atoms with Gasteiger partial charge in [0.2, 0.25) is 0 Å². The second-order valence-corrected chi connectivity index (χ2v) is 12.4. The quantitative estimate of drug-likeness (QED) is 0.533. The van der Waals surface area contributed by atoms with E-state index in [0.29, 0.717) is 18.6 Å². The van der Waals surface area contributed by atoms with Gasteiger partial charge in [-0.25, -0.2) is 4.39 Å². The number of hydrogen-bond acceptors (Lipinski definition) is 7. The van der Waals surface area contributed by atoms with E-state index in [1.165, 1.54) is 16.0 Å². The number of likely N-dealkylation sites (N-methyl/N-ethyl adjacent to an activating group) is 1. The van der Waals surface area contributed by atoms with Gasteiger partial charge in [-0.3, -0.25) is 14.0 Å². The van der Waals surface area contributed by atoms with E-state index < -0.39 is 20.2 Å². The predicted molar refractivity (Wildman–Crippen MR) is 132 cm³/mol. The summed E-state index contributed by atoms with van der Waals surface area (Å²) >= 11 is 1.72. The molecule has 1 atom stereocenters. The summed E-state index contributed by atoms with van der Waals surface area (Å²) in [6.07, 6.45) is 2.44. The summed E-state index contributed by atoms with van der Waals surface area (Å²) in [4.78, 5) is 7.30. The van der Waals surface area contributed by atoms with Crippen molar-refractivity contribution in [3.05, 3.63) is 58.9 Å². The highest BCUT2D eigenvalue weighted by Gasteiger charge is 2.30. The van der Waals surface area contributed by atoms with Crippen molar-refractivity contribution in [1.82, 2.24) is 9.80 Å². The SMILES string of the molecule is CS(=O)(=O)O.CS(=O)(=O)O.Cc1cc2c(cc1F)Sc1ccccc1CC2N1CCN(C)CC1. The summed E-state index contributed by atoms with van der Waals surface area (Å²) in [6, 6.07) is 12.7. The third-order valence-corrected chi connectivity index (χ3v) is 6.43. The Bertz CT molecular complexity index is 1150. The number of halogens is 1. The fraction of sp³-hybridized carbons (Fsp3) is 0.455. The Morgan fingerprint density at radius 2 is 1.47 bits per heavy atom. The van der Waals surface area contributed by atoms with Gasteiger partial charge in [-0.1, -0.05) is 36.0 Å². The van der Waals surface area contributed by atoms with Gasteiger partial charge >= 0.3 is 0 Å². The molecule has 1 fully saturated rings. The Labute approximate surface area is 205 Å². The molecule has 0 aliphatic carbocycles. The fourth-order valence-electron chi connectivity index (χ4n) is 3.70. The van der Waals surface area contributed by atoms with Crippen molar-refractivity contribution in [3.63, 3.8) is 0 Å². The third-order valence-electron chi connectivity index (χ3n) is 5.23. The van der Waals surface area contributed by atoms with Crippen molar-refractivity contribution >= 4 is 32.0 Å². The van der Waals surface area contributed by atoms with Crippen LogP contribution in [0.4, 0.5) is 4.39 Å². The summed E-state index contributed by atoms with van der Waals surface area (Å²) in [5.41, 5.74) is 3.42. The number of hydrogen-bond donors (Lipinski definition) is 2. The number of nitrogens with zero attached hydrogens (tertiary/aromatic N) is 2. The molecule has 1 unspecified atom stereocenters. The molecule has 0 amide bonds. The van der Waals surface area contributed by atoms with Crippen LogP contribution in [-0.4, -0.2) is 81.5 Å². The van der Waals surface area contributed by atoms with Crippen molar-refractivity contribution in [2.45, 2.75) is 29.2 Å². The van der Waals surface area contributed by atoms with Crippen molar-refractivity contribution < 1.29 is 30.3 Å². The first-order chi connectivity index (χ1) is 15.6. The second kappa shape index (κ2) is 11.9. The average molecular weight is 535 g/mol. The highest BCUT2D eigenvalue weighted by Crippen LogP contribution is 2.43. The predicted octanol–water partition coefficient (Wildman–Crippen LogP) is 3.14. The lowest BCUT2D eigenvalue weighted by atomic mass is 9.95. The molecule has 2 N–H and O–H groups in total. The van der Waals surface area contributed by atoms with Crippen molar-refractivity contribution in [2.75, 3.05) is 45.7 Å². The Kier molecular flexibility index (Phi) is 10.1. The van der Waals surface area contributed by atoms with Crippen LogP contribution in [-0.2, 0) is 26.7 Å². The lowest BCUT2D eigenvalue weighted by Crippen LogP contribution is -2.46. The van der Waals surface area contributed by atoms with Gasteiger partial charge in [-0.05, 0) is 49.2 Å². The Morgan fingerprint density at radius 3 is 2.03 bits per heavy atom. The molecule has 0 aromatic heterocycles. The first-order valence-corrected chi connectivity index (χ1v) is 15.0. The monoisotopic (exact) mass is 534 g/mol. The zero-order valence-electron chi connectivity index (χ0n) is 19.6. The van der Waals surface area contributed by atoms with Gasteiger partial charge < -0.3 is 4.90 Å². The lowest BCUT2D eigenvalue weighted by Gasteiger charge is -2.38. The molecule has 2 aliphatic rings. The molecule has 2 aromatic carbocycles. The topological polar surface area (TPSA) is 115 Å². The molecule has 0 bridgehead atoms. The van der Waals surface area contributed by atoms with Crippen molar-refractivity contribution in [1.29, 1.82) is 0 Å². The molecule has 4 rings (SSSR count). The van der Waals surface area contributed by atoms with Crippen LogP contribution in [0.25, 0.3) is 0 Å². The highest BCUT2D eigenvalue weighted by molar-refractivity contribution is 7.99. The van der Waals surface area contributed by atoms with Crippen molar-refractivity contribution in [2.24, 2.45) is 0 Å². The Morgan fingerprint density at radius 1 is 0.941 bits per heavy atom. The summed E-state index contributed by atoms with van der Waals surface area (Å²) in [5, 5.41) is 0. The van der Waals surface area contributed by atoms with Gasteiger partial charge in [0.25, 0.3) is 20.2 Å². The molecule has 0 radical (unpaired) electrons. The first kappa shape index (κ1) is 28.7. The van der Waals surface area contributed by atoms with E-state index in [1.807, 2.05) is 6.92 Å². The third kappa shape index (κ3) is 9.98. The van der Waals surface area contributed by atoms with Crippen LogP contribution in [0, 0.1) is 12.7 Å². The minimum atomic E-state index is -3.67. The van der Waals surface area contributed by atoms with Gasteiger partial charge in [0.1, 0.15) is 5.82 Å². The summed E-state index contributed by atoms with van der Waals surface area (Å²) < 4.78 is 65.9. The molecule has 2 aromatic rings. The van der Waals surface area contributed by atoms with Gasteiger partial charge in [0, 0.05) is 42.0 Å². The van der Waals surface area contributed by atoms with Gasteiger partial charge in [0.05, 0.1) is 12.5 Å². The van der Waals surface area contributed by atoms with Crippen LogP contribution in [0.5, 0.6) is 0 Å². The number of piperazine rings is 1. The minimum Gasteiger partial charge on any atom is -0.304 e. The maximum absolute atomic E-state index is 14.2. The molecule has 2 heterocycles. The van der Waals surface area contributed by atoms with Crippen LogP contribution in [0.3, 0.4) is 0 Å². The van der Waals surface area contributed by atoms with Gasteiger partial charge in [-0.15, -0.1) is 0 Å². The highest BCUT2D eigenvalue weighted by atomic mass is 32.2.